The predicted octanol–water partition coefficient (Wildman–Crippen LogP) is 2.99. The molecule has 0 unspecified atom stereocenters. The van der Waals surface area contributed by atoms with Gasteiger partial charge in [0.2, 0.25) is 0 Å². The Labute approximate surface area is 107 Å². The lowest BCUT2D eigenvalue weighted by Crippen LogP contribution is -2.21. The molecule has 3 nitrogen and oxygen atoms in total. The second-order valence-electron chi connectivity index (χ2n) is 4.48. The third kappa shape index (κ3) is 15.9. The van der Waals surface area contributed by atoms with Gasteiger partial charge in [0.05, 0.1) is 19.8 Å². The van der Waals surface area contributed by atoms with Gasteiger partial charge in [-0.2, -0.15) is 0 Å². The summed E-state index contributed by atoms with van der Waals surface area (Å²) in [6, 6.07) is 0. The molecular formula is C14H31NO2. The Morgan fingerprint density at radius 3 is 2.18 bits per heavy atom. The van der Waals surface area contributed by atoms with E-state index < -0.39 is 0 Å². The third-order valence-corrected chi connectivity index (χ3v) is 2.81. The van der Waals surface area contributed by atoms with Crippen LogP contribution in [0.1, 0.15) is 51.9 Å². The van der Waals surface area contributed by atoms with Gasteiger partial charge < -0.3 is 14.8 Å². The van der Waals surface area contributed by atoms with E-state index in [0.717, 1.165) is 19.7 Å². The Kier molecular flexibility index (Phi) is 15.8. The van der Waals surface area contributed by atoms with Crippen molar-refractivity contribution >= 4 is 0 Å². The minimum atomic E-state index is 0.692. The van der Waals surface area contributed by atoms with E-state index in [9.17, 15) is 0 Å². The zero-order chi connectivity index (χ0) is 12.6. The maximum atomic E-state index is 5.36. The summed E-state index contributed by atoms with van der Waals surface area (Å²) in [6.45, 7) is 6.53. The monoisotopic (exact) mass is 245 g/mol. The predicted molar refractivity (Wildman–Crippen MR) is 73.6 cm³/mol. The minimum absolute atomic E-state index is 0.692. The average molecular weight is 245 g/mol. The Balaban J connectivity index is 2.85. The number of ether oxygens (including phenoxy) is 2. The highest BCUT2D eigenvalue weighted by Crippen LogP contribution is 2.06. The van der Waals surface area contributed by atoms with Crippen LogP contribution >= 0.6 is 0 Å². The third-order valence-electron chi connectivity index (χ3n) is 2.81. The van der Waals surface area contributed by atoms with Crippen molar-refractivity contribution in [3.05, 3.63) is 0 Å². The van der Waals surface area contributed by atoms with Crippen molar-refractivity contribution in [1.29, 1.82) is 0 Å². The Morgan fingerprint density at radius 1 is 0.765 bits per heavy atom. The van der Waals surface area contributed by atoms with E-state index in [1.54, 1.807) is 7.11 Å². The second-order valence-corrected chi connectivity index (χ2v) is 4.48. The van der Waals surface area contributed by atoms with Crippen molar-refractivity contribution in [3.8, 4) is 0 Å². The minimum Gasteiger partial charge on any atom is -0.382 e. The average Bonchev–Trinajstić information content (AvgIpc) is 2.35. The zero-order valence-electron chi connectivity index (χ0n) is 11.8. The molecular weight excluding hydrogens is 214 g/mol. The van der Waals surface area contributed by atoms with Crippen molar-refractivity contribution in [1.82, 2.24) is 5.32 Å². The number of unbranched alkanes of at least 4 members (excludes halogenated alkanes) is 6. The molecule has 17 heavy (non-hydrogen) atoms. The molecule has 0 aliphatic heterocycles. The van der Waals surface area contributed by atoms with Gasteiger partial charge in [0, 0.05) is 13.7 Å². The van der Waals surface area contributed by atoms with E-state index in [1.807, 2.05) is 0 Å². The summed E-state index contributed by atoms with van der Waals surface area (Å²) in [5.41, 5.74) is 0. The molecule has 0 aromatic rings. The van der Waals surface area contributed by atoms with Crippen LogP contribution in [0.3, 0.4) is 0 Å². The zero-order valence-corrected chi connectivity index (χ0v) is 11.8. The summed E-state index contributed by atoms with van der Waals surface area (Å²) in [5.74, 6) is 0. The standard InChI is InChI=1S/C14H31NO2/c1-3-4-5-6-7-8-9-10-15-11-12-17-14-13-16-2/h15H,3-14H2,1-2H3. The molecule has 0 spiro atoms. The van der Waals surface area contributed by atoms with Crippen LogP contribution in [0.5, 0.6) is 0 Å². The van der Waals surface area contributed by atoms with Gasteiger partial charge >= 0.3 is 0 Å². The van der Waals surface area contributed by atoms with Crippen LogP contribution in [0.25, 0.3) is 0 Å². The topological polar surface area (TPSA) is 30.5 Å². The van der Waals surface area contributed by atoms with Crippen molar-refractivity contribution < 1.29 is 9.47 Å². The summed E-state index contributed by atoms with van der Waals surface area (Å²) in [6.07, 6.45) is 9.62. The van der Waals surface area contributed by atoms with Crippen LogP contribution in [0, 0.1) is 0 Å². The van der Waals surface area contributed by atoms with Crippen molar-refractivity contribution in [3.63, 3.8) is 0 Å². The highest BCUT2D eigenvalue weighted by atomic mass is 16.5. The van der Waals surface area contributed by atoms with Crippen LogP contribution in [-0.4, -0.2) is 40.0 Å². The van der Waals surface area contributed by atoms with Crippen molar-refractivity contribution in [2.75, 3.05) is 40.0 Å². The number of methoxy groups -OCH3 is 1. The quantitative estimate of drug-likeness (QED) is 0.477. The van der Waals surface area contributed by atoms with Crippen molar-refractivity contribution in [2.45, 2.75) is 51.9 Å². The summed E-state index contributed by atoms with van der Waals surface area (Å²) in [5, 5.41) is 3.40. The van der Waals surface area contributed by atoms with Gasteiger partial charge in [-0.25, -0.2) is 0 Å². The molecule has 0 fully saturated rings. The smallest absolute Gasteiger partial charge is 0.0700 e. The molecule has 0 rings (SSSR count). The lowest BCUT2D eigenvalue weighted by atomic mass is 10.1. The fourth-order valence-electron chi connectivity index (χ4n) is 1.72. The number of rotatable bonds is 14. The molecule has 0 bridgehead atoms. The summed E-state index contributed by atoms with van der Waals surface area (Å²) in [7, 11) is 1.70. The van der Waals surface area contributed by atoms with E-state index in [4.69, 9.17) is 9.47 Å². The summed E-state index contributed by atoms with van der Waals surface area (Å²) in [4.78, 5) is 0. The molecule has 0 atom stereocenters. The maximum absolute atomic E-state index is 5.36. The first-order valence-electron chi connectivity index (χ1n) is 7.19. The first-order valence-corrected chi connectivity index (χ1v) is 7.19. The van der Waals surface area contributed by atoms with Crippen LogP contribution in [0.4, 0.5) is 0 Å². The molecule has 0 aromatic heterocycles. The highest BCUT2D eigenvalue weighted by Gasteiger charge is 1.91. The lowest BCUT2D eigenvalue weighted by Gasteiger charge is -2.05. The van der Waals surface area contributed by atoms with Crippen LogP contribution in [0.15, 0.2) is 0 Å². The lowest BCUT2D eigenvalue weighted by molar-refractivity contribution is 0.0720. The van der Waals surface area contributed by atoms with E-state index >= 15 is 0 Å². The molecule has 0 saturated heterocycles. The van der Waals surface area contributed by atoms with Crippen LogP contribution in [-0.2, 0) is 9.47 Å². The molecule has 0 saturated carbocycles. The van der Waals surface area contributed by atoms with Gasteiger partial charge in [-0.3, -0.25) is 0 Å². The highest BCUT2D eigenvalue weighted by molar-refractivity contribution is 4.49. The van der Waals surface area contributed by atoms with Gasteiger partial charge in [-0.1, -0.05) is 45.4 Å². The van der Waals surface area contributed by atoms with E-state index in [-0.39, 0.29) is 0 Å². The van der Waals surface area contributed by atoms with Gasteiger partial charge in [0.15, 0.2) is 0 Å². The fourth-order valence-corrected chi connectivity index (χ4v) is 1.72. The molecule has 1 N–H and O–H groups in total. The van der Waals surface area contributed by atoms with E-state index in [1.165, 1.54) is 44.9 Å². The molecule has 0 aliphatic rings. The molecule has 0 amide bonds. The van der Waals surface area contributed by atoms with E-state index in [2.05, 4.69) is 12.2 Å². The van der Waals surface area contributed by atoms with E-state index in [0.29, 0.717) is 13.2 Å². The number of hydrogen-bond donors (Lipinski definition) is 1. The Morgan fingerprint density at radius 2 is 1.47 bits per heavy atom. The normalized spacial score (nSPS) is 10.9. The molecule has 0 heterocycles. The van der Waals surface area contributed by atoms with Gasteiger partial charge in [0.1, 0.15) is 0 Å². The van der Waals surface area contributed by atoms with Gasteiger partial charge in [-0.05, 0) is 13.0 Å². The first kappa shape index (κ1) is 16.9. The molecule has 0 aromatic carbocycles. The van der Waals surface area contributed by atoms with Gasteiger partial charge in [0.25, 0.3) is 0 Å². The number of nitrogens with one attached hydrogen (secondary N) is 1. The van der Waals surface area contributed by atoms with Gasteiger partial charge in [-0.15, -0.1) is 0 Å². The summed E-state index contributed by atoms with van der Waals surface area (Å²) >= 11 is 0. The number of hydrogen-bond acceptors (Lipinski definition) is 3. The molecule has 3 heteroatoms. The van der Waals surface area contributed by atoms with Crippen molar-refractivity contribution in [2.24, 2.45) is 0 Å². The molecule has 0 aliphatic carbocycles. The van der Waals surface area contributed by atoms with Crippen LogP contribution in [0.2, 0.25) is 0 Å². The molecule has 104 valence electrons. The maximum Gasteiger partial charge on any atom is 0.0700 e. The Bertz CT molecular complexity index is 117. The SMILES string of the molecule is CCCCCCCCCNCCOCCOC. The van der Waals surface area contributed by atoms with Crippen LogP contribution < -0.4 is 5.32 Å². The fraction of sp³-hybridized carbons (Fsp3) is 1.00. The molecule has 0 radical (unpaired) electrons. The second kappa shape index (κ2) is 15.9. The first-order chi connectivity index (χ1) is 8.41. The largest absolute Gasteiger partial charge is 0.382 e. The Hall–Kier alpha value is -0.120. The summed E-state index contributed by atoms with van der Waals surface area (Å²) < 4.78 is 10.3.